The Morgan fingerprint density at radius 2 is 1.58 bits per heavy atom. The highest BCUT2D eigenvalue weighted by Crippen LogP contribution is 2.40. The van der Waals surface area contributed by atoms with E-state index in [4.69, 9.17) is 14.2 Å². The van der Waals surface area contributed by atoms with Gasteiger partial charge in [-0.2, -0.15) is 0 Å². The number of nitrogens with zero attached hydrogens (tertiary/aromatic N) is 1. The summed E-state index contributed by atoms with van der Waals surface area (Å²) >= 11 is 0. The van der Waals surface area contributed by atoms with Crippen LogP contribution < -0.4 is 19.5 Å². The van der Waals surface area contributed by atoms with E-state index in [1.165, 1.54) is 0 Å². The summed E-state index contributed by atoms with van der Waals surface area (Å²) in [5.74, 6) is 1.98. The van der Waals surface area contributed by atoms with Gasteiger partial charge in [-0.25, -0.2) is 0 Å². The predicted molar refractivity (Wildman–Crippen MR) is 76.5 cm³/mol. The van der Waals surface area contributed by atoms with Gasteiger partial charge in [-0.1, -0.05) is 0 Å². The molecule has 0 aliphatic rings. The molecule has 1 aromatic carbocycles. The highest BCUT2D eigenvalue weighted by atomic mass is 16.5. The zero-order valence-corrected chi connectivity index (χ0v) is 12.6. The minimum Gasteiger partial charge on any atom is -0.493 e. The number of benzene rings is 1. The zero-order valence-electron chi connectivity index (χ0n) is 12.6. The van der Waals surface area contributed by atoms with Gasteiger partial charge in [-0.15, -0.1) is 0 Å². The second kappa shape index (κ2) is 7.21. The van der Waals surface area contributed by atoms with Crippen LogP contribution in [-0.2, 0) is 0 Å². The number of ether oxygens (including phenoxy) is 3. The summed E-state index contributed by atoms with van der Waals surface area (Å²) in [4.78, 5) is 2.15. The van der Waals surface area contributed by atoms with E-state index in [9.17, 15) is 0 Å². The lowest BCUT2D eigenvalue weighted by Gasteiger charge is -2.26. The highest BCUT2D eigenvalue weighted by Gasteiger charge is 2.19. The Labute approximate surface area is 115 Å². The van der Waals surface area contributed by atoms with Crippen molar-refractivity contribution >= 4 is 0 Å². The van der Waals surface area contributed by atoms with Crippen LogP contribution in [0.2, 0.25) is 0 Å². The second-order valence-corrected chi connectivity index (χ2v) is 4.50. The monoisotopic (exact) mass is 268 g/mol. The van der Waals surface area contributed by atoms with E-state index in [0.717, 1.165) is 12.1 Å². The molecule has 0 spiro atoms. The van der Waals surface area contributed by atoms with E-state index in [2.05, 4.69) is 10.2 Å². The summed E-state index contributed by atoms with van der Waals surface area (Å²) in [6.07, 6.45) is 0. The van der Waals surface area contributed by atoms with Crippen molar-refractivity contribution in [2.75, 3.05) is 49.0 Å². The van der Waals surface area contributed by atoms with Gasteiger partial charge in [0.25, 0.3) is 0 Å². The van der Waals surface area contributed by atoms with Crippen molar-refractivity contribution in [3.63, 3.8) is 0 Å². The molecular weight excluding hydrogens is 244 g/mol. The molecular formula is C14H24N2O3. The van der Waals surface area contributed by atoms with E-state index < -0.39 is 0 Å². The van der Waals surface area contributed by atoms with Crippen molar-refractivity contribution in [1.29, 1.82) is 0 Å². The van der Waals surface area contributed by atoms with Crippen LogP contribution >= 0.6 is 0 Å². The Balaban J connectivity index is 3.27. The van der Waals surface area contributed by atoms with Gasteiger partial charge in [0.15, 0.2) is 11.5 Å². The lowest BCUT2D eigenvalue weighted by Crippen LogP contribution is -2.29. The minimum atomic E-state index is 0.235. The first-order valence-electron chi connectivity index (χ1n) is 6.19. The third kappa shape index (κ3) is 3.52. The summed E-state index contributed by atoms with van der Waals surface area (Å²) in [6.45, 7) is 0.839. The molecule has 1 unspecified atom stereocenters. The molecule has 0 aliphatic heterocycles. The number of hydrogen-bond donors (Lipinski definition) is 1. The molecule has 0 heterocycles. The smallest absolute Gasteiger partial charge is 0.203 e. The van der Waals surface area contributed by atoms with E-state index >= 15 is 0 Å². The van der Waals surface area contributed by atoms with Crippen LogP contribution in [0.4, 0.5) is 0 Å². The molecule has 0 aromatic heterocycles. The molecule has 1 aromatic rings. The molecule has 0 saturated carbocycles. The van der Waals surface area contributed by atoms with Crippen LogP contribution in [0.25, 0.3) is 0 Å². The molecule has 108 valence electrons. The third-order valence-electron chi connectivity index (χ3n) is 3.09. The molecule has 1 atom stereocenters. The van der Waals surface area contributed by atoms with Crippen molar-refractivity contribution in [3.8, 4) is 17.2 Å². The summed E-state index contributed by atoms with van der Waals surface area (Å²) < 4.78 is 16.1. The zero-order chi connectivity index (χ0) is 14.4. The van der Waals surface area contributed by atoms with Gasteiger partial charge in [-0.3, -0.25) is 0 Å². The second-order valence-electron chi connectivity index (χ2n) is 4.50. The molecule has 0 bridgehead atoms. The standard InChI is InChI=1S/C14H24N2O3/c1-15-9-11(16(2)3)10-7-12(17-4)14(19-6)13(8-10)18-5/h7-8,11,15H,9H2,1-6H3. The van der Waals surface area contributed by atoms with Crippen LogP contribution in [0.1, 0.15) is 11.6 Å². The highest BCUT2D eigenvalue weighted by molar-refractivity contribution is 5.54. The molecule has 0 amide bonds. The number of nitrogens with one attached hydrogen (secondary N) is 1. The number of hydrogen-bond acceptors (Lipinski definition) is 5. The van der Waals surface area contributed by atoms with Gasteiger partial charge < -0.3 is 24.4 Å². The Morgan fingerprint density at radius 1 is 1.05 bits per heavy atom. The topological polar surface area (TPSA) is 43.0 Å². The fraction of sp³-hybridized carbons (Fsp3) is 0.571. The average molecular weight is 268 g/mol. The van der Waals surface area contributed by atoms with Crippen molar-refractivity contribution < 1.29 is 14.2 Å². The maximum atomic E-state index is 5.38. The van der Waals surface area contributed by atoms with Crippen LogP contribution in [0, 0.1) is 0 Å². The van der Waals surface area contributed by atoms with Gasteiger partial charge >= 0.3 is 0 Å². The predicted octanol–water partition coefficient (Wildman–Crippen LogP) is 1.53. The molecule has 5 heteroatoms. The van der Waals surface area contributed by atoms with Gasteiger partial charge in [0, 0.05) is 12.6 Å². The van der Waals surface area contributed by atoms with Gasteiger partial charge in [0.1, 0.15) is 0 Å². The Morgan fingerprint density at radius 3 is 1.89 bits per heavy atom. The molecule has 1 N–H and O–H groups in total. The molecule has 0 aliphatic carbocycles. The van der Waals surface area contributed by atoms with Crippen molar-refractivity contribution in [2.24, 2.45) is 0 Å². The number of likely N-dealkylation sites (N-methyl/N-ethyl adjacent to an activating group) is 2. The van der Waals surface area contributed by atoms with Gasteiger partial charge in [-0.05, 0) is 38.8 Å². The first-order valence-corrected chi connectivity index (χ1v) is 6.19. The molecule has 1 rings (SSSR count). The molecule has 0 radical (unpaired) electrons. The first-order chi connectivity index (χ1) is 9.08. The third-order valence-corrected chi connectivity index (χ3v) is 3.09. The van der Waals surface area contributed by atoms with Crippen LogP contribution in [0.3, 0.4) is 0 Å². The fourth-order valence-electron chi connectivity index (χ4n) is 2.09. The minimum absolute atomic E-state index is 0.235. The molecule has 0 fully saturated rings. The van der Waals surface area contributed by atoms with E-state index in [1.807, 2.05) is 33.3 Å². The van der Waals surface area contributed by atoms with E-state index in [-0.39, 0.29) is 6.04 Å². The van der Waals surface area contributed by atoms with Crippen molar-refractivity contribution in [3.05, 3.63) is 17.7 Å². The van der Waals surface area contributed by atoms with Crippen LogP contribution in [0.15, 0.2) is 12.1 Å². The Hall–Kier alpha value is -1.46. The fourth-order valence-corrected chi connectivity index (χ4v) is 2.09. The molecule has 19 heavy (non-hydrogen) atoms. The largest absolute Gasteiger partial charge is 0.493 e. The Kier molecular flexibility index (Phi) is 5.92. The number of rotatable bonds is 7. The summed E-state index contributed by atoms with van der Waals surface area (Å²) in [6, 6.07) is 4.21. The average Bonchev–Trinajstić information content (AvgIpc) is 2.42. The molecule has 0 saturated heterocycles. The van der Waals surface area contributed by atoms with Gasteiger partial charge in [0.2, 0.25) is 5.75 Å². The van der Waals surface area contributed by atoms with Gasteiger partial charge in [0.05, 0.1) is 21.3 Å². The quantitative estimate of drug-likeness (QED) is 0.812. The lowest BCUT2D eigenvalue weighted by atomic mass is 10.0. The number of methoxy groups -OCH3 is 3. The SMILES string of the molecule is CNCC(c1cc(OC)c(OC)c(OC)c1)N(C)C. The van der Waals surface area contributed by atoms with E-state index in [1.54, 1.807) is 21.3 Å². The lowest BCUT2D eigenvalue weighted by molar-refractivity contribution is 0.287. The maximum Gasteiger partial charge on any atom is 0.203 e. The molecule has 5 nitrogen and oxygen atoms in total. The Bertz CT molecular complexity index is 383. The van der Waals surface area contributed by atoms with Crippen LogP contribution in [0.5, 0.6) is 17.2 Å². The first kappa shape index (κ1) is 15.6. The van der Waals surface area contributed by atoms with Crippen LogP contribution in [-0.4, -0.2) is 53.9 Å². The van der Waals surface area contributed by atoms with E-state index in [0.29, 0.717) is 17.2 Å². The summed E-state index contributed by atoms with van der Waals surface area (Å²) in [5, 5.41) is 3.20. The maximum absolute atomic E-state index is 5.38. The summed E-state index contributed by atoms with van der Waals surface area (Å²) in [7, 11) is 10.9. The van der Waals surface area contributed by atoms with Crippen molar-refractivity contribution in [2.45, 2.75) is 6.04 Å². The van der Waals surface area contributed by atoms with Crippen molar-refractivity contribution in [1.82, 2.24) is 10.2 Å². The summed E-state index contributed by atoms with van der Waals surface area (Å²) in [5.41, 5.74) is 1.12. The normalized spacial score (nSPS) is 12.4.